The molecule has 132 valence electrons. The van der Waals surface area contributed by atoms with Crippen LogP contribution >= 0.6 is 0 Å². The standard InChI is InChI=1S/C18H26N2O3S/c1-5-13(4)17-18(21)20(14-7-11(2)6-12(3)8-14)16-10-24(22,23)9-15(16)19-17/h6-8,13,15-17,19H,5,9-10H2,1-4H3/t13?,15-,16+,17+/m1/s1. The van der Waals surface area contributed by atoms with Gasteiger partial charge in [-0.3, -0.25) is 10.1 Å². The second-order valence-electron chi connectivity index (χ2n) is 7.33. The summed E-state index contributed by atoms with van der Waals surface area (Å²) in [5.74, 6) is 0.304. The van der Waals surface area contributed by atoms with Gasteiger partial charge in [0, 0.05) is 11.7 Å². The number of hydrogen-bond donors (Lipinski definition) is 1. The lowest BCUT2D eigenvalue weighted by Crippen LogP contribution is -2.66. The van der Waals surface area contributed by atoms with Crippen molar-refractivity contribution in [2.75, 3.05) is 16.4 Å². The zero-order valence-electron chi connectivity index (χ0n) is 14.7. The summed E-state index contributed by atoms with van der Waals surface area (Å²) in [6, 6.07) is 5.19. The summed E-state index contributed by atoms with van der Waals surface area (Å²) in [6.45, 7) is 8.09. The Hall–Kier alpha value is -1.40. The first-order valence-corrected chi connectivity index (χ1v) is 10.4. The van der Waals surface area contributed by atoms with Crippen molar-refractivity contribution in [2.45, 2.75) is 52.2 Å². The highest BCUT2D eigenvalue weighted by molar-refractivity contribution is 7.91. The first-order valence-electron chi connectivity index (χ1n) is 8.59. The molecule has 0 aliphatic carbocycles. The highest BCUT2D eigenvalue weighted by Crippen LogP contribution is 2.32. The number of aryl methyl sites for hydroxylation is 2. The van der Waals surface area contributed by atoms with Gasteiger partial charge in [0.25, 0.3) is 0 Å². The normalized spacial score (nSPS) is 30.2. The number of nitrogens with one attached hydrogen (secondary N) is 1. The van der Waals surface area contributed by atoms with Gasteiger partial charge in [0.1, 0.15) is 0 Å². The van der Waals surface area contributed by atoms with Crippen LogP contribution in [0, 0.1) is 19.8 Å². The van der Waals surface area contributed by atoms with Crippen molar-refractivity contribution in [2.24, 2.45) is 5.92 Å². The lowest BCUT2D eigenvalue weighted by atomic mass is 9.91. The molecule has 3 rings (SSSR count). The molecule has 0 aromatic heterocycles. The van der Waals surface area contributed by atoms with E-state index in [1.54, 1.807) is 4.90 Å². The molecule has 0 saturated carbocycles. The van der Waals surface area contributed by atoms with Crippen LogP contribution in [0.15, 0.2) is 18.2 Å². The zero-order valence-corrected chi connectivity index (χ0v) is 15.6. The van der Waals surface area contributed by atoms with E-state index in [0.29, 0.717) is 0 Å². The molecule has 1 unspecified atom stereocenters. The molecule has 1 aromatic rings. The third-order valence-corrected chi connectivity index (χ3v) is 6.97. The van der Waals surface area contributed by atoms with Gasteiger partial charge in [-0.25, -0.2) is 8.42 Å². The summed E-state index contributed by atoms with van der Waals surface area (Å²) >= 11 is 0. The van der Waals surface area contributed by atoms with Gasteiger partial charge >= 0.3 is 0 Å². The van der Waals surface area contributed by atoms with Crippen LogP contribution in [0.3, 0.4) is 0 Å². The molecule has 1 N–H and O–H groups in total. The number of amides is 1. The van der Waals surface area contributed by atoms with Crippen molar-refractivity contribution in [1.29, 1.82) is 0 Å². The van der Waals surface area contributed by atoms with Crippen molar-refractivity contribution >= 4 is 21.4 Å². The molecule has 4 atom stereocenters. The molecule has 6 heteroatoms. The molecule has 0 radical (unpaired) electrons. The van der Waals surface area contributed by atoms with Crippen molar-refractivity contribution in [1.82, 2.24) is 5.32 Å². The Morgan fingerprint density at radius 2 is 1.83 bits per heavy atom. The Bertz CT molecular complexity index is 739. The van der Waals surface area contributed by atoms with Gasteiger partial charge in [-0.1, -0.05) is 26.3 Å². The van der Waals surface area contributed by atoms with E-state index in [1.165, 1.54) is 0 Å². The van der Waals surface area contributed by atoms with Crippen molar-refractivity contribution in [3.05, 3.63) is 29.3 Å². The van der Waals surface area contributed by atoms with Crippen LogP contribution in [0.4, 0.5) is 5.69 Å². The highest BCUT2D eigenvalue weighted by atomic mass is 32.2. The first kappa shape index (κ1) is 17.4. The molecule has 5 nitrogen and oxygen atoms in total. The molecular weight excluding hydrogens is 324 g/mol. The topological polar surface area (TPSA) is 66.5 Å². The van der Waals surface area contributed by atoms with Gasteiger partial charge in [0.2, 0.25) is 5.91 Å². The summed E-state index contributed by atoms with van der Waals surface area (Å²) < 4.78 is 24.4. The fraction of sp³-hybridized carbons (Fsp3) is 0.611. The van der Waals surface area contributed by atoms with Gasteiger partial charge in [-0.15, -0.1) is 0 Å². The van der Waals surface area contributed by atoms with Gasteiger partial charge in [0.05, 0.1) is 23.6 Å². The maximum atomic E-state index is 13.2. The van der Waals surface area contributed by atoms with Gasteiger partial charge in [-0.05, 0) is 43.0 Å². The average Bonchev–Trinajstić information content (AvgIpc) is 2.78. The quantitative estimate of drug-likeness (QED) is 0.903. The number of carbonyl (C=O) groups is 1. The monoisotopic (exact) mass is 350 g/mol. The second kappa shape index (κ2) is 6.15. The second-order valence-corrected chi connectivity index (χ2v) is 9.49. The number of sulfone groups is 1. The Morgan fingerprint density at radius 3 is 2.42 bits per heavy atom. The molecule has 2 saturated heterocycles. The molecular formula is C18H26N2O3S. The van der Waals surface area contributed by atoms with Gasteiger partial charge < -0.3 is 4.90 Å². The molecule has 2 heterocycles. The highest BCUT2D eigenvalue weighted by Gasteiger charge is 2.50. The fourth-order valence-electron chi connectivity index (χ4n) is 3.91. The molecule has 1 amide bonds. The number of fused-ring (bicyclic) bond motifs is 1. The number of anilines is 1. The van der Waals surface area contributed by atoms with Crippen LogP contribution in [0.1, 0.15) is 31.4 Å². The lowest BCUT2D eigenvalue weighted by Gasteiger charge is -2.43. The van der Waals surface area contributed by atoms with E-state index in [4.69, 9.17) is 0 Å². The smallest absolute Gasteiger partial charge is 0.244 e. The predicted octanol–water partition coefficient (Wildman–Crippen LogP) is 1.82. The largest absolute Gasteiger partial charge is 0.305 e. The van der Waals surface area contributed by atoms with E-state index in [9.17, 15) is 13.2 Å². The Balaban J connectivity index is 2.06. The van der Waals surface area contributed by atoms with Crippen LogP contribution in [-0.2, 0) is 14.6 Å². The third-order valence-electron chi connectivity index (χ3n) is 5.25. The van der Waals surface area contributed by atoms with E-state index in [-0.39, 0.29) is 41.5 Å². The van der Waals surface area contributed by atoms with Gasteiger partial charge in [0.15, 0.2) is 9.84 Å². The van der Waals surface area contributed by atoms with Crippen molar-refractivity contribution in [3.63, 3.8) is 0 Å². The van der Waals surface area contributed by atoms with Gasteiger partial charge in [-0.2, -0.15) is 0 Å². The molecule has 1 aromatic carbocycles. The number of hydrogen-bond acceptors (Lipinski definition) is 4. The van der Waals surface area contributed by atoms with Crippen LogP contribution < -0.4 is 10.2 Å². The maximum absolute atomic E-state index is 13.2. The number of piperazine rings is 1. The van der Waals surface area contributed by atoms with Crippen LogP contribution in [0.5, 0.6) is 0 Å². The summed E-state index contributed by atoms with van der Waals surface area (Å²) in [6.07, 6.45) is 0.869. The molecule has 0 spiro atoms. The van der Waals surface area contributed by atoms with E-state index >= 15 is 0 Å². The predicted molar refractivity (Wildman–Crippen MR) is 96.0 cm³/mol. The van der Waals surface area contributed by atoms with E-state index in [0.717, 1.165) is 23.2 Å². The molecule has 2 fully saturated rings. The third kappa shape index (κ3) is 3.09. The summed E-state index contributed by atoms with van der Waals surface area (Å²) in [5.41, 5.74) is 2.97. The van der Waals surface area contributed by atoms with Crippen molar-refractivity contribution < 1.29 is 13.2 Å². The number of benzene rings is 1. The summed E-state index contributed by atoms with van der Waals surface area (Å²) in [4.78, 5) is 14.9. The number of rotatable bonds is 3. The molecule has 2 aliphatic rings. The minimum Gasteiger partial charge on any atom is -0.305 e. The maximum Gasteiger partial charge on any atom is 0.244 e. The van der Waals surface area contributed by atoms with Crippen molar-refractivity contribution in [3.8, 4) is 0 Å². The molecule has 0 bridgehead atoms. The lowest BCUT2D eigenvalue weighted by molar-refractivity contribution is -0.124. The SMILES string of the molecule is CCC(C)[C@@H]1N[C@@H]2CS(=O)(=O)C[C@@H]2N(c2cc(C)cc(C)c2)C1=O. The van der Waals surface area contributed by atoms with E-state index in [2.05, 4.69) is 18.3 Å². The minimum atomic E-state index is -3.13. The summed E-state index contributed by atoms with van der Waals surface area (Å²) in [5, 5.41) is 3.33. The Labute approximate surface area is 144 Å². The Morgan fingerprint density at radius 1 is 1.21 bits per heavy atom. The first-order chi connectivity index (χ1) is 11.2. The number of nitrogens with zero attached hydrogens (tertiary/aromatic N) is 1. The summed E-state index contributed by atoms with van der Waals surface area (Å²) in [7, 11) is -3.13. The molecule has 24 heavy (non-hydrogen) atoms. The molecule has 2 aliphatic heterocycles. The fourth-order valence-corrected chi connectivity index (χ4v) is 5.81. The minimum absolute atomic E-state index is 0.00676. The zero-order chi connectivity index (χ0) is 17.6. The number of carbonyl (C=O) groups excluding carboxylic acids is 1. The van der Waals surface area contributed by atoms with E-state index < -0.39 is 9.84 Å². The Kier molecular flexibility index (Phi) is 4.47. The average molecular weight is 350 g/mol. The van der Waals surface area contributed by atoms with Crippen LogP contribution in [-0.4, -0.2) is 44.0 Å². The van der Waals surface area contributed by atoms with Crippen LogP contribution in [0.25, 0.3) is 0 Å². The van der Waals surface area contributed by atoms with E-state index in [1.807, 2.05) is 32.9 Å². The van der Waals surface area contributed by atoms with Crippen LogP contribution in [0.2, 0.25) is 0 Å².